The molecule has 0 N–H and O–H groups in total. The molecule has 44 heavy (non-hydrogen) atoms. The minimum absolute atomic E-state index is 0.481. The molecule has 0 saturated heterocycles. The molecular formula is C42H32N2. The van der Waals surface area contributed by atoms with Crippen molar-refractivity contribution in [3.05, 3.63) is 194 Å². The van der Waals surface area contributed by atoms with E-state index >= 15 is 0 Å². The smallest absolute Gasteiger partial charge is 0.0623 e. The first-order chi connectivity index (χ1) is 22.6. The zero-order chi connectivity index (χ0) is 31.3. The fraction of sp³-hybridized carbons (Fsp3) is 0. The minimum Gasteiger partial charge on any atom is -0.311 e. The lowest BCUT2D eigenvalue weighted by atomic mass is 9.98. The summed E-state index contributed by atoms with van der Waals surface area (Å²) < 4.78 is 16.3. The fourth-order valence-corrected chi connectivity index (χ4v) is 5.58. The molecule has 0 spiro atoms. The lowest BCUT2D eigenvalue weighted by molar-refractivity contribution is 1.28. The van der Waals surface area contributed by atoms with Gasteiger partial charge < -0.3 is 9.80 Å². The summed E-state index contributed by atoms with van der Waals surface area (Å²) >= 11 is 0. The molecule has 0 aliphatic heterocycles. The van der Waals surface area contributed by atoms with Crippen LogP contribution >= 0.6 is 0 Å². The van der Waals surface area contributed by atoms with Crippen molar-refractivity contribution in [2.24, 2.45) is 0 Å². The third kappa shape index (κ3) is 5.74. The highest BCUT2D eigenvalue weighted by Gasteiger charge is 2.14. The van der Waals surface area contributed by atoms with E-state index in [1.165, 1.54) is 0 Å². The van der Waals surface area contributed by atoms with E-state index in [1.54, 1.807) is 12.1 Å². The molecular weight excluding hydrogens is 532 g/mol. The van der Waals surface area contributed by atoms with Gasteiger partial charge in [-0.25, -0.2) is 0 Å². The molecule has 0 bridgehead atoms. The summed E-state index contributed by atoms with van der Waals surface area (Å²) in [4.78, 5) is 4.36. The Bertz CT molecular complexity index is 1910. The van der Waals surface area contributed by atoms with E-state index < -0.39 is 0 Å². The van der Waals surface area contributed by atoms with Gasteiger partial charge in [0.15, 0.2) is 0 Å². The molecule has 7 rings (SSSR count). The van der Waals surface area contributed by atoms with E-state index in [-0.39, 0.29) is 0 Å². The molecule has 0 atom stereocenters. The van der Waals surface area contributed by atoms with Crippen LogP contribution in [0.3, 0.4) is 0 Å². The van der Waals surface area contributed by atoms with Gasteiger partial charge in [-0.05, 0) is 101 Å². The van der Waals surface area contributed by atoms with Gasteiger partial charge in [-0.1, -0.05) is 115 Å². The summed E-state index contributed by atoms with van der Waals surface area (Å²) in [5.74, 6) is 0. The van der Waals surface area contributed by atoms with Gasteiger partial charge in [-0.3, -0.25) is 0 Å². The third-order valence-corrected chi connectivity index (χ3v) is 7.71. The first-order valence-corrected chi connectivity index (χ1v) is 14.8. The van der Waals surface area contributed by atoms with Crippen LogP contribution in [0.15, 0.2) is 194 Å². The highest BCUT2D eigenvalue weighted by Crippen LogP contribution is 2.37. The lowest BCUT2D eigenvalue weighted by Crippen LogP contribution is -2.09. The first kappa shape index (κ1) is 24.7. The van der Waals surface area contributed by atoms with Gasteiger partial charge in [0.1, 0.15) is 0 Å². The summed E-state index contributed by atoms with van der Waals surface area (Å²) in [6.07, 6.45) is 0. The van der Waals surface area contributed by atoms with Crippen LogP contribution in [0.5, 0.6) is 0 Å². The Morgan fingerprint density at radius 3 is 1.00 bits per heavy atom. The number of hydrogen-bond donors (Lipinski definition) is 0. The summed E-state index contributed by atoms with van der Waals surface area (Å²) in [7, 11) is 0. The normalized spacial score (nSPS) is 11.4. The van der Waals surface area contributed by atoms with Gasteiger partial charge in [0.2, 0.25) is 0 Å². The zero-order valence-corrected chi connectivity index (χ0v) is 24.2. The maximum Gasteiger partial charge on any atom is 0.0623 e. The molecule has 0 aliphatic rings. The predicted octanol–water partition coefficient (Wildman–Crippen LogP) is 12.0. The summed E-state index contributed by atoms with van der Waals surface area (Å²) in [5.41, 5.74) is 10.6. The topological polar surface area (TPSA) is 6.48 Å². The number of benzene rings is 7. The Hall–Kier alpha value is -5.86. The Morgan fingerprint density at radius 1 is 0.273 bits per heavy atom. The predicted molar refractivity (Wildman–Crippen MR) is 187 cm³/mol. The SMILES string of the molecule is [3H]c1cccc(N(c2ccccc2)c2ccc(-c3cccc(-c4ccc(N(c5ccccc5)c5cccc([3H])c5)cc4)c3)cc2)c1. The molecule has 2 nitrogen and oxygen atoms in total. The fourth-order valence-electron chi connectivity index (χ4n) is 5.58. The largest absolute Gasteiger partial charge is 0.311 e. The minimum atomic E-state index is 0.481. The molecule has 0 heterocycles. The van der Waals surface area contributed by atoms with E-state index in [1.807, 2.05) is 72.8 Å². The molecule has 2 heteroatoms. The van der Waals surface area contributed by atoms with Crippen LogP contribution in [0.4, 0.5) is 34.1 Å². The number of nitrogens with zero attached hydrogens (tertiary/aromatic N) is 2. The second kappa shape index (κ2) is 12.6. The molecule has 7 aromatic rings. The van der Waals surface area contributed by atoms with Crippen molar-refractivity contribution in [2.75, 3.05) is 9.80 Å². The Kier molecular flexibility index (Phi) is 7.06. The summed E-state index contributed by atoms with van der Waals surface area (Å²) in [6, 6.07) is 62.7. The molecule has 0 amide bonds. The maximum atomic E-state index is 8.17. The molecule has 0 aliphatic carbocycles. The van der Waals surface area contributed by atoms with Crippen molar-refractivity contribution in [1.82, 2.24) is 0 Å². The van der Waals surface area contributed by atoms with Crippen LogP contribution in [-0.4, -0.2) is 0 Å². The quantitative estimate of drug-likeness (QED) is 0.180. The highest BCUT2D eigenvalue weighted by atomic mass is 15.1. The molecule has 0 unspecified atom stereocenters. The Morgan fingerprint density at radius 2 is 0.614 bits per heavy atom. The van der Waals surface area contributed by atoms with Crippen LogP contribution in [0.1, 0.15) is 2.74 Å². The van der Waals surface area contributed by atoms with Crippen molar-refractivity contribution in [3.63, 3.8) is 0 Å². The molecule has 0 saturated carbocycles. The van der Waals surface area contributed by atoms with Gasteiger partial charge >= 0.3 is 0 Å². The number of rotatable bonds is 8. The second-order valence-corrected chi connectivity index (χ2v) is 10.5. The number of anilines is 6. The van der Waals surface area contributed by atoms with Crippen molar-refractivity contribution in [3.8, 4) is 22.3 Å². The molecule has 0 radical (unpaired) electrons. The Labute approximate surface area is 262 Å². The van der Waals surface area contributed by atoms with E-state index in [2.05, 4.69) is 107 Å². The maximum absolute atomic E-state index is 8.17. The lowest BCUT2D eigenvalue weighted by Gasteiger charge is -2.25. The van der Waals surface area contributed by atoms with E-state index in [9.17, 15) is 0 Å². The molecule has 0 aromatic heterocycles. The van der Waals surface area contributed by atoms with E-state index in [0.717, 1.165) is 56.4 Å². The summed E-state index contributed by atoms with van der Waals surface area (Å²) in [5, 5.41) is 0. The van der Waals surface area contributed by atoms with E-state index in [0.29, 0.717) is 12.1 Å². The molecule has 210 valence electrons. The Balaban J connectivity index is 1.18. The van der Waals surface area contributed by atoms with Crippen molar-refractivity contribution >= 4 is 34.1 Å². The van der Waals surface area contributed by atoms with Gasteiger partial charge in [-0.2, -0.15) is 0 Å². The first-order valence-electron chi connectivity index (χ1n) is 15.8. The van der Waals surface area contributed by atoms with Gasteiger partial charge in [0, 0.05) is 34.1 Å². The average Bonchev–Trinajstić information content (AvgIpc) is 3.10. The van der Waals surface area contributed by atoms with Crippen molar-refractivity contribution in [2.45, 2.75) is 0 Å². The third-order valence-electron chi connectivity index (χ3n) is 7.71. The highest BCUT2D eigenvalue weighted by molar-refractivity contribution is 5.81. The van der Waals surface area contributed by atoms with E-state index in [4.69, 9.17) is 2.74 Å². The van der Waals surface area contributed by atoms with Crippen LogP contribution < -0.4 is 9.80 Å². The second-order valence-electron chi connectivity index (χ2n) is 10.5. The monoisotopic (exact) mass is 568 g/mol. The van der Waals surface area contributed by atoms with Crippen LogP contribution in [0, 0.1) is 0 Å². The van der Waals surface area contributed by atoms with Crippen LogP contribution in [0.2, 0.25) is 0 Å². The summed E-state index contributed by atoms with van der Waals surface area (Å²) in [6.45, 7) is 0. The van der Waals surface area contributed by atoms with Crippen LogP contribution in [-0.2, 0) is 0 Å². The van der Waals surface area contributed by atoms with Gasteiger partial charge in [0.05, 0.1) is 2.74 Å². The average molecular weight is 569 g/mol. The van der Waals surface area contributed by atoms with Crippen molar-refractivity contribution < 1.29 is 2.74 Å². The van der Waals surface area contributed by atoms with Crippen LogP contribution in [0.25, 0.3) is 22.3 Å². The molecule has 0 fully saturated rings. The van der Waals surface area contributed by atoms with Gasteiger partial charge in [-0.15, -0.1) is 0 Å². The standard InChI is InChI=1S/C42H32N2/c1-5-16-37(17-6-1)43(38-18-7-2-8-19-38)41-28-24-33(25-29-41)35-14-13-15-36(32-35)34-26-30-42(31-27-34)44(39-20-9-3-10-21-39)40-22-11-4-12-23-40/h1-32H/i5T,9T. The number of hydrogen-bond acceptors (Lipinski definition) is 2. The number of para-hydroxylation sites is 4. The zero-order valence-electron chi connectivity index (χ0n) is 26.2. The van der Waals surface area contributed by atoms with Gasteiger partial charge in [0.25, 0.3) is 0 Å². The van der Waals surface area contributed by atoms with Crippen molar-refractivity contribution in [1.29, 1.82) is 0 Å². The molecule has 7 aromatic carbocycles.